The Kier molecular flexibility index (Phi) is 2.74. The number of carbonyl (C=O) groups is 1. The van der Waals surface area contributed by atoms with E-state index in [0.717, 1.165) is 0 Å². The Morgan fingerprint density at radius 1 is 1.44 bits per heavy atom. The van der Waals surface area contributed by atoms with Crippen LogP contribution >= 0.6 is 15.9 Å². The SMILES string of the molecule is Cn1ccc(-c2cc(C(=O)O)cc(Br)n2)n1. The minimum absolute atomic E-state index is 0.183. The highest BCUT2D eigenvalue weighted by atomic mass is 79.9. The van der Waals surface area contributed by atoms with E-state index < -0.39 is 5.97 Å². The van der Waals surface area contributed by atoms with Crippen LogP contribution in [0, 0.1) is 0 Å². The summed E-state index contributed by atoms with van der Waals surface area (Å²) in [6.45, 7) is 0. The molecule has 16 heavy (non-hydrogen) atoms. The maximum atomic E-state index is 10.9. The summed E-state index contributed by atoms with van der Waals surface area (Å²) in [6, 6.07) is 4.73. The van der Waals surface area contributed by atoms with Crippen molar-refractivity contribution in [3.05, 3.63) is 34.6 Å². The van der Waals surface area contributed by atoms with Crippen molar-refractivity contribution in [2.24, 2.45) is 7.05 Å². The Hall–Kier alpha value is -1.69. The normalized spacial score (nSPS) is 10.4. The number of aromatic carboxylic acids is 1. The second-order valence-corrected chi connectivity index (χ2v) is 4.06. The maximum absolute atomic E-state index is 10.9. The molecular weight excluding hydrogens is 274 g/mol. The van der Waals surface area contributed by atoms with Gasteiger partial charge in [0.05, 0.1) is 11.3 Å². The second-order valence-electron chi connectivity index (χ2n) is 3.24. The van der Waals surface area contributed by atoms with Crippen LogP contribution in [0.25, 0.3) is 11.4 Å². The fourth-order valence-electron chi connectivity index (χ4n) is 1.30. The number of aromatic nitrogens is 3. The van der Waals surface area contributed by atoms with E-state index in [4.69, 9.17) is 5.11 Å². The van der Waals surface area contributed by atoms with Crippen LogP contribution in [0.15, 0.2) is 29.0 Å². The maximum Gasteiger partial charge on any atom is 0.335 e. The molecule has 0 fully saturated rings. The third kappa shape index (κ3) is 2.11. The van der Waals surface area contributed by atoms with Gasteiger partial charge in [-0.2, -0.15) is 5.10 Å². The number of rotatable bonds is 2. The summed E-state index contributed by atoms with van der Waals surface area (Å²) >= 11 is 3.18. The molecule has 0 amide bonds. The zero-order chi connectivity index (χ0) is 11.7. The Labute approximate surface area is 99.9 Å². The number of pyridine rings is 1. The van der Waals surface area contributed by atoms with E-state index >= 15 is 0 Å². The van der Waals surface area contributed by atoms with Gasteiger partial charge >= 0.3 is 5.97 Å². The fraction of sp³-hybridized carbons (Fsp3) is 0.100. The van der Waals surface area contributed by atoms with Crippen LogP contribution in [0.3, 0.4) is 0 Å². The predicted octanol–water partition coefficient (Wildman–Crippen LogP) is 1.94. The second kappa shape index (κ2) is 4.05. The third-order valence-electron chi connectivity index (χ3n) is 2.02. The first kappa shape index (κ1) is 10.8. The van der Waals surface area contributed by atoms with Crippen LogP contribution < -0.4 is 0 Å². The van der Waals surface area contributed by atoms with Crippen LogP contribution in [0.5, 0.6) is 0 Å². The van der Waals surface area contributed by atoms with Crippen LogP contribution in [-0.4, -0.2) is 25.8 Å². The lowest BCUT2D eigenvalue weighted by Gasteiger charge is -2.00. The van der Waals surface area contributed by atoms with Crippen LogP contribution in [0.2, 0.25) is 0 Å². The molecule has 2 rings (SSSR count). The van der Waals surface area contributed by atoms with Crippen LogP contribution in [-0.2, 0) is 7.05 Å². The quantitative estimate of drug-likeness (QED) is 0.855. The van der Waals surface area contributed by atoms with Crippen molar-refractivity contribution >= 4 is 21.9 Å². The number of nitrogens with zero attached hydrogens (tertiary/aromatic N) is 3. The van der Waals surface area contributed by atoms with Crippen LogP contribution in [0.1, 0.15) is 10.4 Å². The molecule has 2 aromatic rings. The van der Waals surface area contributed by atoms with Crippen molar-refractivity contribution in [2.45, 2.75) is 0 Å². The van der Waals surface area contributed by atoms with Gasteiger partial charge in [0.25, 0.3) is 0 Å². The molecule has 0 aromatic carbocycles. The number of carboxylic acids is 1. The van der Waals surface area contributed by atoms with E-state index in [1.54, 1.807) is 24.0 Å². The smallest absolute Gasteiger partial charge is 0.335 e. The van der Waals surface area contributed by atoms with E-state index in [0.29, 0.717) is 16.0 Å². The first-order valence-electron chi connectivity index (χ1n) is 4.47. The van der Waals surface area contributed by atoms with Gasteiger partial charge in [0.2, 0.25) is 0 Å². The highest BCUT2D eigenvalue weighted by molar-refractivity contribution is 9.10. The molecule has 82 valence electrons. The number of halogens is 1. The monoisotopic (exact) mass is 281 g/mol. The molecule has 0 saturated heterocycles. The number of hydrogen-bond acceptors (Lipinski definition) is 3. The van der Waals surface area contributed by atoms with E-state index in [-0.39, 0.29) is 5.56 Å². The molecule has 2 heterocycles. The molecule has 6 heteroatoms. The summed E-state index contributed by atoms with van der Waals surface area (Å²) in [7, 11) is 1.79. The Morgan fingerprint density at radius 3 is 2.75 bits per heavy atom. The van der Waals surface area contributed by atoms with Crippen molar-refractivity contribution in [2.75, 3.05) is 0 Å². The molecule has 0 aliphatic rings. The van der Waals surface area contributed by atoms with Gasteiger partial charge in [0.15, 0.2) is 0 Å². The highest BCUT2D eigenvalue weighted by Gasteiger charge is 2.10. The van der Waals surface area contributed by atoms with Crippen molar-refractivity contribution in [1.82, 2.24) is 14.8 Å². The minimum atomic E-state index is -0.986. The summed E-state index contributed by atoms with van der Waals surface area (Å²) in [5.41, 5.74) is 1.36. The predicted molar refractivity (Wildman–Crippen MR) is 61.1 cm³/mol. The van der Waals surface area contributed by atoms with E-state index in [9.17, 15) is 4.79 Å². The largest absolute Gasteiger partial charge is 0.478 e. The summed E-state index contributed by atoms with van der Waals surface area (Å²) in [5.74, 6) is -0.986. The van der Waals surface area contributed by atoms with Gasteiger partial charge in [-0.15, -0.1) is 0 Å². The molecule has 0 aliphatic heterocycles. The summed E-state index contributed by atoms with van der Waals surface area (Å²) in [5, 5.41) is 13.1. The summed E-state index contributed by atoms with van der Waals surface area (Å²) < 4.78 is 2.12. The standard InChI is InChI=1S/C10H8BrN3O2/c1-14-3-2-7(13-14)8-4-6(10(15)16)5-9(11)12-8/h2-5H,1H3,(H,15,16). The molecule has 2 aromatic heterocycles. The number of aryl methyl sites for hydroxylation is 1. The fourth-order valence-corrected chi connectivity index (χ4v) is 1.74. The molecule has 0 bridgehead atoms. The van der Waals surface area contributed by atoms with Gasteiger partial charge in [0, 0.05) is 13.2 Å². The Morgan fingerprint density at radius 2 is 2.19 bits per heavy atom. The highest BCUT2D eigenvalue weighted by Crippen LogP contribution is 2.19. The molecular formula is C10H8BrN3O2. The molecule has 0 radical (unpaired) electrons. The van der Waals surface area contributed by atoms with Crippen molar-refractivity contribution in [3.8, 4) is 11.4 Å². The average molecular weight is 282 g/mol. The number of carboxylic acid groups (broad SMARTS) is 1. The van der Waals surface area contributed by atoms with Gasteiger partial charge in [-0.25, -0.2) is 9.78 Å². The third-order valence-corrected chi connectivity index (χ3v) is 2.42. The van der Waals surface area contributed by atoms with E-state index in [2.05, 4.69) is 26.0 Å². The molecule has 1 N–H and O–H groups in total. The zero-order valence-electron chi connectivity index (χ0n) is 8.38. The summed E-state index contributed by atoms with van der Waals surface area (Å²) in [6.07, 6.45) is 1.78. The molecule has 0 aliphatic carbocycles. The van der Waals surface area contributed by atoms with E-state index in [1.807, 2.05) is 0 Å². The van der Waals surface area contributed by atoms with Crippen molar-refractivity contribution < 1.29 is 9.90 Å². The lowest BCUT2D eigenvalue weighted by molar-refractivity contribution is 0.0696. The lowest BCUT2D eigenvalue weighted by Crippen LogP contribution is -1.99. The van der Waals surface area contributed by atoms with Gasteiger partial charge in [-0.05, 0) is 34.1 Å². The minimum Gasteiger partial charge on any atom is -0.478 e. The van der Waals surface area contributed by atoms with Gasteiger partial charge in [-0.3, -0.25) is 4.68 Å². The van der Waals surface area contributed by atoms with Crippen LogP contribution in [0.4, 0.5) is 0 Å². The Bertz CT molecular complexity index is 551. The first-order chi connectivity index (χ1) is 7.56. The van der Waals surface area contributed by atoms with Gasteiger partial charge in [0.1, 0.15) is 10.3 Å². The van der Waals surface area contributed by atoms with Gasteiger partial charge in [-0.1, -0.05) is 0 Å². The average Bonchev–Trinajstić information content (AvgIpc) is 2.64. The molecule has 5 nitrogen and oxygen atoms in total. The molecule has 0 atom stereocenters. The van der Waals surface area contributed by atoms with Crippen molar-refractivity contribution in [3.63, 3.8) is 0 Å². The molecule has 0 spiro atoms. The van der Waals surface area contributed by atoms with E-state index in [1.165, 1.54) is 12.1 Å². The van der Waals surface area contributed by atoms with Crippen molar-refractivity contribution in [1.29, 1.82) is 0 Å². The number of hydrogen-bond donors (Lipinski definition) is 1. The molecule has 0 saturated carbocycles. The molecule has 0 unspecified atom stereocenters. The summed E-state index contributed by atoms with van der Waals surface area (Å²) in [4.78, 5) is 15.0. The Balaban J connectivity index is 2.53. The van der Waals surface area contributed by atoms with Gasteiger partial charge < -0.3 is 5.11 Å². The first-order valence-corrected chi connectivity index (χ1v) is 5.26. The zero-order valence-corrected chi connectivity index (χ0v) is 9.97. The lowest BCUT2D eigenvalue weighted by atomic mass is 10.2. The topological polar surface area (TPSA) is 68.0 Å².